The molecule has 0 radical (unpaired) electrons. The highest BCUT2D eigenvalue weighted by Gasteiger charge is 2.16. The van der Waals surface area contributed by atoms with Gasteiger partial charge >= 0.3 is 0 Å². The van der Waals surface area contributed by atoms with E-state index in [4.69, 9.17) is 0 Å². The number of fused-ring (bicyclic) bond motifs is 1. The van der Waals surface area contributed by atoms with Crippen LogP contribution in [0, 0.1) is 0 Å². The summed E-state index contributed by atoms with van der Waals surface area (Å²) >= 11 is 3.28. The van der Waals surface area contributed by atoms with E-state index < -0.39 is 0 Å². The Kier molecular flexibility index (Phi) is 4.29. The van der Waals surface area contributed by atoms with Gasteiger partial charge in [0.1, 0.15) is 5.01 Å². The molecule has 3 heterocycles. The third kappa shape index (κ3) is 3.18. The van der Waals surface area contributed by atoms with Crippen LogP contribution in [0.25, 0.3) is 20.8 Å². The fraction of sp³-hybridized carbons (Fsp3) is 0.105. The van der Waals surface area contributed by atoms with Gasteiger partial charge in [0.05, 0.1) is 28.2 Å². The van der Waals surface area contributed by atoms with Crippen molar-refractivity contribution in [2.75, 3.05) is 7.05 Å². The molecule has 0 fully saturated rings. The van der Waals surface area contributed by atoms with Crippen LogP contribution in [-0.2, 0) is 6.54 Å². The Morgan fingerprint density at radius 3 is 2.84 bits per heavy atom. The number of carbonyl (C=O) groups is 1. The molecule has 0 bridgehead atoms. The average molecular weight is 365 g/mol. The summed E-state index contributed by atoms with van der Waals surface area (Å²) in [5.41, 5.74) is 2.40. The lowest BCUT2D eigenvalue weighted by Gasteiger charge is -2.17. The van der Waals surface area contributed by atoms with Gasteiger partial charge in [0.15, 0.2) is 0 Å². The molecule has 1 amide bonds. The van der Waals surface area contributed by atoms with Crippen LogP contribution in [0.3, 0.4) is 0 Å². The molecule has 0 aliphatic rings. The first-order valence-electron chi connectivity index (χ1n) is 7.80. The molecule has 0 aliphatic carbocycles. The highest BCUT2D eigenvalue weighted by Crippen LogP contribution is 2.28. The van der Waals surface area contributed by atoms with E-state index in [1.165, 1.54) is 0 Å². The molecular formula is C19H15N3OS2. The largest absolute Gasteiger partial charge is 0.336 e. The van der Waals surface area contributed by atoms with Crippen LogP contribution >= 0.6 is 22.7 Å². The standard InChI is InChI=1S/C19H15N3OS2/c1-22(11-13-12-25-18(21-13)17-7-4-10-24-17)19(23)15-8-9-20-16-6-3-2-5-14(15)16/h2-10,12H,11H2,1H3. The first kappa shape index (κ1) is 15.9. The lowest BCUT2D eigenvalue weighted by molar-refractivity contribution is 0.0785. The summed E-state index contributed by atoms with van der Waals surface area (Å²) < 4.78 is 0. The van der Waals surface area contributed by atoms with Crippen LogP contribution in [0.2, 0.25) is 0 Å². The minimum absolute atomic E-state index is 0.0238. The van der Waals surface area contributed by atoms with Crippen molar-refractivity contribution in [1.82, 2.24) is 14.9 Å². The monoisotopic (exact) mass is 365 g/mol. The predicted octanol–water partition coefficient (Wildman–Crippen LogP) is 4.69. The van der Waals surface area contributed by atoms with Gasteiger partial charge in [-0.1, -0.05) is 24.3 Å². The number of nitrogens with zero attached hydrogens (tertiary/aromatic N) is 3. The van der Waals surface area contributed by atoms with Gasteiger partial charge in [-0.25, -0.2) is 4.98 Å². The van der Waals surface area contributed by atoms with E-state index in [-0.39, 0.29) is 5.91 Å². The second-order valence-electron chi connectivity index (χ2n) is 5.66. The van der Waals surface area contributed by atoms with Crippen LogP contribution in [0.4, 0.5) is 0 Å². The molecular weight excluding hydrogens is 350 g/mol. The maximum absolute atomic E-state index is 12.9. The second kappa shape index (κ2) is 6.74. The normalized spacial score (nSPS) is 10.9. The molecule has 0 saturated carbocycles. The van der Waals surface area contributed by atoms with E-state index in [1.807, 2.05) is 48.1 Å². The quantitative estimate of drug-likeness (QED) is 0.527. The van der Waals surface area contributed by atoms with Gasteiger partial charge in [0.25, 0.3) is 5.91 Å². The minimum Gasteiger partial charge on any atom is -0.336 e. The maximum atomic E-state index is 12.9. The first-order valence-corrected chi connectivity index (χ1v) is 9.56. The van der Waals surface area contributed by atoms with Gasteiger partial charge in [-0.05, 0) is 23.6 Å². The fourth-order valence-corrected chi connectivity index (χ4v) is 4.32. The number of hydrogen-bond donors (Lipinski definition) is 0. The third-order valence-corrected chi connectivity index (χ3v) is 5.84. The van der Waals surface area contributed by atoms with Crippen LogP contribution < -0.4 is 0 Å². The second-order valence-corrected chi connectivity index (χ2v) is 7.46. The van der Waals surface area contributed by atoms with Crippen molar-refractivity contribution < 1.29 is 4.79 Å². The van der Waals surface area contributed by atoms with Crippen molar-refractivity contribution in [1.29, 1.82) is 0 Å². The number of hydrogen-bond acceptors (Lipinski definition) is 5. The van der Waals surface area contributed by atoms with Crippen molar-refractivity contribution in [2.24, 2.45) is 0 Å². The lowest BCUT2D eigenvalue weighted by Crippen LogP contribution is -2.26. The molecule has 25 heavy (non-hydrogen) atoms. The SMILES string of the molecule is CN(Cc1csc(-c2cccs2)n1)C(=O)c1ccnc2ccccc12. The molecule has 4 aromatic rings. The Labute approximate surface area is 153 Å². The molecule has 0 spiro atoms. The number of aromatic nitrogens is 2. The zero-order valence-electron chi connectivity index (χ0n) is 13.5. The summed E-state index contributed by atoms with van der Waals surface area (Å²) in [6.07, 6.45) is 1.68. The number of rotatable bonds is 4. The molecule has 3 aromatic heterocycles. The number of thiophene rings is 1. The van der Waals surface area contributed by atoms with E-state index in [0.717, 1.165) is 26.5 Å². The predicted molar refractivity (Wildman–Crippen MR) is 103 cm³/mol. The van der Waals surface area contributed by atoms with E-state index in [9.17, 15) is 4.79 Å². The molecule has 0 N–H and O–H groups in total. The average Bonchev–Trinajstić information content (AvgIpc) is 3.32. The summed E-state index contributed by atoms with van der Waals surface area (Å²) in [6, 6.07) is 13.6. The summed E-state index contributed by atoms with van der Waals surface area (Å²) in [6.45, 7) is 0.483. The van der Waals surface area contributed by atoms with Crippen molar-refractivity contribution in [3.05, 3.63) is 70.7 Å². The van der Waals surface area contributed by atoms with Crippen LogP contribution in [0.1, 0.15) is 16.1 Å². The van der Waals surface area contributed by atoms with Gasteiger partial charge in [-0.15, -0.1) is 22.7 Å². The van der Waals surface area contributed by atoms with E-state index in [1.54, 1.807) is 39.8 Å². The van der Waals surface area contributed by atoms with E-state index in [0.29, 0.717) is 12.1 Å². The molecule has 0 aliphatic heterocycles. The molecule has 4 rings (SSSR count). The molecule has 0 unspecified atom stereocenters. The molecule has 6 heteroatoms. The Hall–Kier alpha value is -2.57. The zero-order valence-corrected chi connectivity index (χ0v) is 15.2. The van der Waals surface area contributed by atoms with E-state index >= 15 is 0 Å². The lowest BCUT2D eigenvalue weighted by atomic mass is 10.1. The van der Waals surface area contributed by atoms with Gasteiger partial charge in [-0.3, -0.25) is 9.78 Å². The van der Waals surface area contributed by atoms with Crippen LogP contribution in [0.5, 0.6) is 0 Å². The molecule has 4 nitrogen and oxygen atoms in total. The van der Waals surface area contributed by atoms with Crippen LogP contribution in [-0.4, -0.2) is 27.8 Å². The van der Waals surface area contributed by atoms with Crippen molar-refractivity contribution in [3.8, 4) is 9.88 Å². The molecule has 0 saturated heterocycles. The maximum Gasteiger partial charge on any atom is 0.254 e. The van der Waals surface area contributed by atoms with Gasteiger partial charge in [0, 0.05) is 24.0 Å². The number of pyridine rings is 1. The Bertz CT molecular complexity index is 1020. The highest BCUT2D eigenvalue weighted by molar-refractivity contribution is 7.20. The van der Waals surface area contributed by atoms with Gasteiger partial charge < -0.3 is 4.90 Å². The number of thiazole rings is 1. The molecule has 124 valence electrons. The first-order chi connectivity index (χ1) is 12.2. The summed E-state index contributed by atoms with van der Waals surface area (Å²) in [5, 5.41) is 5.93. The van der Waals surface area contributed by atoms with Crippen molar-refractivity contribution in [2.45, 2.75) is 6.54 Å². The van der Waals surface area contributed by atoms with Gasteiger partial charge in [-0.2, -0.15) is 0 Å². The Morgan fingerprint density at radius 2 is 2.00 bits per heavy atom. The van der Waals surface area contributed by atoms with E-state index in [2.05, 4.69) is 16.0 Å². The summed E-state index contributed by atoms with van der Waals surface area (Å²) in [4.78, 5) is 24.7. The molecule has 0 atom stereocenters. The number of amides is 1. The number of para-hydroxylation sites is 1. The Balaban J connectivity index is 1.56. The highest BCUT2D eigenvalue weighted by atomic mass is 32.1. The zero-order chi connectivity index (χ0) is 17.2. The third-order valence-electron chi connectivity index (χ3n) is 3.91. The van der Waals surface area contributed by atoms with Crippen LogP contribution in [0.15, 0.2) is 59.4 Å². The van der Waals surface area contributed by atoms with Gasteiger partial charge in [0.2, 0.25) is 0 Å². The fourth-order valence-electron chi connectivity index (χ4n) is 2.70. The smallest absolute Gasteiger partial charge is 0.254 e. The topological polar surface area (TPSA) is 46.1 Å². The number of carbonyl (C=O) groups excluding carboxylic acids is 1. The summed E-state index contributed by atoms with van der Waals surface area (Å²) in [5.74, 6) is -0.0238. The molecule has 1 aromatic carbocycles. The van der Waals surface area contributed by atoms with Crippen molar-refractivity contribution in [3.63, 3.8) is 0 Å². The van der Waals surface area contributed by atoms with Crippen molar-refractivity contribution >= 4 is 39.5 Å². The number of benzene rings is 1. The summed E-state index contributed by atoms with van der Waals surface area (Å²) in [7, 11) is 1.81. The Morgan fingerprint density at radius 1 is 1.12 bits per heavy atom. The minimum atomic E-state index is -0.0238.